The average Bonchev–Trinajstić information content (AvgIpc) is 3.13. The fraction of sp³-hybridized carbons (Fsp3) is 0.440. The number of hydrogen-bond donors (Lipinski definition) is 1. The van der Waals surface area contributed by atoms with Crippen molar-refractivity contribution >= 4 is 17.2 Å². The zero-order valence-corrected chi connectivity index (χ0v) is 18.5. The van der Waals surface area contributed by atoms with Gasteiger partial charge < -0.3 is 10.2 Å². The molecule has 1 heterocycles. The van der Waals surface area contributed by atoms with E-state index < -0.39 is 5.91 Å². The summed E-state index contributed by atoms with van der Waals surface area (Å²) >= 11 is 0. The number of rotatable bonds is 10. The molecular weight excluding hydrogens is 386 g/mol. The van der Waals surface area contributed by atoms with E-state index in [1.54, 1.807) is 12.1 Å². The smallest absolute Gasteiger partial charge is 0.257 e. The predicted octanol–water partition coefficient (Wildman–Crippen LogP) is 4.97. The van der Waals surface area contributed by atoms with Gasteiger partial charge in [0.25, 0.3) is 5.91 Å². The van der Waals surface area contributed by atoms with Crippen molar-refractivity contribution in [2.24, 2.45) is 0 Å². The maximum Gasteiger partial charge on any atom is 0.257 e. The van der Waals surface area contributed by atoms with E-state index in [0.717, 1.165) is 37.9 Å². The van der Waals surface area contributed by atoms with Crippen LogP contribution < -0.4 is 10.2 Å². The van der Waals surface area contributed by atoms with Gasteiger partial charge in [-0.05, 0) is 37.0 Å². The van der Waals surface area contributed by atoms with Gasteiger partial charge in [0.15, 0.2) is 5.57 Å². The number of nitrogens with zero attached hydrogens (tertiary/aromatic N) is 4. The van der Waals surface area contributed by atoms with Crippen molar-refractivity contribution in [1.29, 1.82) is 15.8 Å². The van der Waals surface area contributed by atoms with E-state index in [2.05, 4.69) is 31.0 Å². The van der Waals surface area contributed by atoms with Crippen molar-refractivity contribution in [3.63, 3.8) is 0 Å². The highest BCUT2D eigenvalue weighted by atomic mass is 16.2. The lowest BCUT2D eigenvalue weighted by molar-refractivity contribution is -0.114. The summed E-state index contributed by atoms with van der Waals surface area (Å²) in [5.74, 6) is -0.473. The summed E-state index contributed by atoms with van der Waals surface area (Å²) in [5.41, 5.74) is 1.65. The number of anilines is 1. The number of unbranched alkanes of at least 4 members (excludes halogenated alkanes) is 2. The molecule has 1 N–H and O–H groups in total. The quantitative estimate of drug-likeness (QED) is 0.543. The Bertz CT molecular complexity index is 967. The molecule has 1 aromatic carbocycles. The minimum absolute atomic E-state index is 0.00763. The summed E-state index contributed by atoms with van der Waals surface area (Å²) in [6.07, 6.45) is 6.79. The molecule has 1 aromatic rings. The normalized spacial score (nSPS) is 13.8. The van der Waals surface area contributed by atoms with Gasteiger partial charge in [0, 0.05) is 18.3 Å². The number of amides is 1. The SMILES string of the molecule is CCCCC(CC)N(CCCC)c1ccc(C2=C(C#N)C(=C(C#N)C#N)NC2=O)cc1. The van der Waals surface area contributed by atoms with Crippen molar-refractivity contribution in [1.82, 2.24) is 5.32 Å². The molecule has 0 bridgehead atoms. The number of carbonyl (C=O) groups excluding carboxylic acids is 1. The van der Waals surface area contributed by atoms with Crippen molar-refractivity contribution in [2.45, 2.75) is 65.3 Å². The highest BCUT2D eigenvalue weighted by Crippen LogP contribution is 2.32. The van der Waals surface area contributed by atoms with Crippen molar-refractivity contribution in [3.05, 3.63) is 46.7 Å². The van der Waals surface area contributed by atoms with Gasteiger partial charge in [0.05, 0.1) is 16.8 Å². The average molecular weight is 416 g/mol. The van der Waals surface area contributed by atoms with Crippen LogP contribution in [0.4, 0.5) is 5.69 Å². The maximum atomic E-state index is 12.5. The Labute approximate surface area is 185 Å². The van der Waals surface area contributed by atoms with Crippen molar-refractivity contribution in [3.8, 4) is 18.2 Å². The monoisotopic (exact) mass is 415 g/mol. The molecule has 6 nitrogen and oxygen atoms in total. The molecule has 6 heteroatoms. The number of allylic oxidation sites excluding steroid dienone is 2. The number of hydrogen-bond acceptors (Lipinski definition) is 5. The molecule has 1 atom stereocenters. The molecule has 0 radical (unpaired) electrons. The van der Waals surface area contributed by atoms with E-state index in [4.69, 9.17) is 10.5 Å². The van der Waals surface area contributed by atoms with Gasteiger partial charge in [-0.25, -0.2) is 0 Å². The van der Waals surface area contributed by atoms with E-state index >= 15 is 0 Å². The second kappa shape index (κ2) is 11.6. The topological polar surface area (TPSA) is 104 Å². The molecule has 1 aliphatic heterocycles. The van der Waals surface area contributed by atoms with Crippen molar-refractivity contribution in [2.75, 3.05) is 11.4 Å². The first-order valence-electron chi connectivity index (χ1n) is 10.9. The largest absolute Gasteiger partial charge is 0.369 e. The van der Waals surface area contributed by atoms with Gasteiger partial charge in [0.1, 0.15) is 18.2 Å². The summed E-state index contributed by atoms with van der Waals surface area (Å²) in [6.45, 7) is 7.59. The molecule has 0 aromatic heterocycles. The summed E-state index contributed by atoms with van der Waals surface area (Å²) in [6, 6.07) is 13.6. The second-order valence-corrected chi connectivity index (χ2v) is 7.59. The summed E-state index contributed by atoms with van der Waals surface area (Å²) < 4.78 is 0. The van der Waals surface area contributed by atoms with Gasteiger partial charge >= 0.3 is 0 Å². The Morgan fingerprint density at radius 1 is 1.03 bits per heavy atom. The first kappa shape index (κ1) is 23.7. The van der Waals surface area contributed by atoms with Gasteiger partial charge in [-0.3, -0.25) is 4.79 Å². The fourth-order valence-electron chi connectivity index (χ4n) is 3.88. The van der Waals surface area contributed by atoms with Crippen molar-refractivity contribution < 1.29 is 4.79 Å². The molecule has 31 heavy (non-hydrogen) atoms. The van der Waals surface area contributed by atoms with Crippen LogP contribution in [0.15, 0.2) is 41.1 Å². The summed E-state index contributed by atoms with van der Waals surface area (Å²) in [4.78, 5) is 15.0. The molecule has 1 aliphatic rings. The second-order valence-electron chi connectivity index (χ2n) is 7.59. The predicted molar refractivity (Wildman–Crippen MR) is 121 cm³/mol. The maximum absolute atomic E-state index is 12.5. The molecule has 2 rings (SSSR count). The lowest BCUT2D eigenvalue weighted by Gasteiger charge is -2.33. The molecule has 0 aliphatic carbocycles. The standard InChI is InChI=1S/C25H29N5O/c1-4-7-9-20(6-3)30(14-8-5-2)21-12-10-18(11-13-21)23-22(17-28)24(29-25(23)31)19(15-26)16-27/h10-13,20H,4-9,14H2,1-3H3,(H,29,31). The van der Waals surface area contributed by atoms with E-state index in [0.29, 0.717) is 11.6 Å². The third-order valence-electron chi connectivity index (χ3n) is 5.59. The number of carbonyl (C=O) groups is 1. The fourth-order valence-corrected chi connectivity index (χ4v) is 3.88. The molecule has 0 saturated carbocycles. The molecule has 160 valence electrons. The van der Waals surface area contributed by atoms with E-state index in [1.807, 2.05) is 30.3 Å². The van der Waals surface area contributed by atoms with Gasteiger partial charge in [-0.1, -0.05) is 52.2 Å². The first-order chi connectivity index (χ1) is 15.1. The van der Waals surface area contributed by atoms with Crippen LogP contribution in [0.5, 0.6) is 0 Å². The van der Waals surface area contributed by atoms with Crippen LogP contribution in [0.1, 0.15) is 64.9 Å². The lowest BCUT2D eigenvalue weighted by atomic mass is 9.99. The van der Waals surface area contributed by atoms with Crippen LogP contribution in [0.25, 0.3) is 5.57 Å². The zero-order chi connectivity index (χ0) is 22.8. The Morgan fingerprint density at radius 2 is 1.68 bits per heavy atom. The third-order valence-corrected chi connectivity index (χ3v) is 5.59. The Kier molecular flexibility index (Phi) is 8.86. The van der Waals surface area contributed by atoms with Crippen LogP contribution in [0.2, 0.25) is 0 Å². The van der Waals surface area contributed by atoms with E-state index in [-0.39, 0.29) is 22.4 Å². The molecule has 0 fully saturated rings. The lowest BCUT2D eigenvalue weighted by Crippen LogP contribution is -2.35. The Balaban J connectivity index is 2.44. The summed E-state index contributed by atoms with van der Waals surface area (Å²) in [7, 11) is 0. The number of nitriles is 3. The molecule has 0 saturated heterocycles. The minimum Gasteiger partial charge on any atom is -0.369 e. The third kappa shape index (κ3) is 5.33. The van der Waals surface area contributed by atoms with Gasteiger partial charge in [0.2, 0.25) is 0 Å². The molecule has 1 unspecified atom stereocenters. The highest BCUT2D eigenvalue weighted by molar-refractivity contribution is 6.26. The Hall–Kier alpha value is -3.56. The Morgan fingerprint density at radius 3 is 2.19 bits per heavy atom. The number of benzene rings is 1. The zero-order valence-electron chi connectivity index (χ0n) is 18.5. The highest BCUT2D eigenvalue weighted by Gasteiger charge is 2.31. The minimum atomic E-state index is -0.473. The molecule has 1 amide bonds. The summed E-state index contributed by atoms with van der Waals surface area (Å²) in [5, 5.41) is 30.4. The van der Waals surface area contributed by atoms with Crippen LogP contribution in [0, 0.1) is 34.0 Å². The molecule has 0 spiro atoms. The van der Waals surface area contributed by atoms with E-state index in [1.165, 1.54) is 12.8 Å². The first-order valence-corrected chi connectivity index (χ1v) is 10.9. The number of nitrogens with one attached hydrogen (secondary N) is 1. The van der Waals surface area contributed by atoms with Gasteiger partial charge in [-0.2, -0.15) is 15.8 Å². The van der Waals surface area contributed by atoms with Crippen LogP contribution in [-0.2, 0) is 4.79 Å². The van der Waals surface area contributed by atoms with Crippen LogP contribution in [0.3, 0.4) is 0 Å². The van der Waals surface area contributed by atoms with E-state index in [9.17, 15) is 10.1 Å². The van der Waals surface area contributed by atoms with Crippen LogP contribution in [-0.4, -0.2) is 18.5 Å². The van der Waals surface area contributed by atoms with Gasteiger partial charge in [-0.15, -0.1) is 0 Å². The van der Waals surface area contributed by atoms with Crippen LogP contribution >= 0.6 is 0 Å². The molecular formula is C25H29N5O.